The lowest BCUT2D eigenvalue weighted by atomic mass is 9.85. The number of amides is 1. The molecule has 2 fully saturated rings. The van der Waals surface area contributed by atoms with Gasteiger partial charge in [-0.25, -0.2) is 4.21 Å². The van der Waals surface area contributed by atoms with E-state index in [1.165, 1.54) is 25.8 Å². The molecule has 3 rings (SSSR count). The van der Waals surface area contributed by atoms with E-state index in [9.17, 15) is 9.00 Å². The summed E-state index contributed by atoms with van der Waals surface area (Å²) in [6.07, 6.45) is 4.08. The average molecular weight is 351 g/mol. The van der Waals surface area contributed by atoms with Crippen molar-refractivity contribution < 1.29 is 13.6 Å². The predicted octanol–water partition coefficient (Wildman–Crippen LogP) is 2.18. The normalized spacial score (nSPS) is 23.6. The monoisotopic (exact) mass is 351 g/mol. The first-order valence-electron chi connectivity index (χ1n) is 8.54. The smallest absolute Gasteiger partial charge is 0.259 e. The Morgan fingerprint density at radius 1 is 1.29 bits per heavy atom. The Kier molecular flexibility index (Phi) is 5.53. The van der Waals surface area contributed by atoms with Gasteiger partial charge in [0, 0.05) is 43.5 Å². The van der Waals surface area contributed by atoms with Crippen LogP contribution < -0.4 is 4.72 Å². The Hall–Kier alpha value is -1.44. The van der Waals surface area contributed by atoms with E-state index in [0.29, 0.717) is 11.3 Å². The minimum atomic E-state index is -2.10. The van der Waals surface area contributed by atoms with Gasteiger partial charge in [-0.1, -0.05) is 6.42 Å². The van der Waals surface area contributed by atoms with Crippen LogP contribution in [0.3, 0.4) is 0 Å². The Morgan fingerprint density at radius 3 is 2.54 bits per heavy atom. The van der Waals surface area contributed by atoms with Gasteiger partial charge in [-0.05, 0) is 49.9 Å². The van der Waals surface area contributed by atoms with Crippen LogP contribution in [-0.2, 0) is 11.3 Å². The third-order valence-corrected chi connectivity index (χ3v) is 5.46. The molecular weight excluding hydrogens is 326 g/mol. The molecule has 1 aromatic rings. The molecule has 1 aliphatic carbocycles. The fourth-order valence-corrected chi connectivity index (χ4v) is 3.83. The first kappa shape index (κ1) is 17.4. The van der Waals surface area contributed by atoms with Crippen molar-refractivity contribution in [2.24, 2.45) is 5.92 Å². The molecule has 2 atom stereocenters. The number of piperazine rings is 1. The molecule has 0 radical (unpaired) electrons. The lowest BCUT2D eigenvalue weighted by Gasteiger charge is -2.42. The molecule has 7 heteroatoms. The summed E-state index contributed by atoms with van der Waals surface area (Å²) in [6, 6.07) is 6.90. The molecule has 0 aromatic heterocycles. The zero-order chi connectivity index (χ0) is 17.1. The predicted molar refractivity (Wildman–Crippen MR) is 95.1 cm³/mol. The highest BCUT2D eigenvalue weighted by molar-refractivity contribution is 7.80. The van der Waals surface area contributed by atoms with Gasteiger partial charge in [-0.3, -0.25) is 19.0 Å². The molecule has 6 nitrogen and oxygen atoms in total. The van der Waals surface area contributed by atoms with E-state index < -0.39 is 11.3 Å². The lowest BCUT2D eigenvalue weighted by molar-refractivity contribution is 0.0424. The summed E-state index contributed by atoms with van der Waals surface area (Å²) >= 11 is -2.10. The molecule has 2 N–H and O–H groups in total. The third-order valence-electron chi connectivity index (χ3n) is 5.05. The minimum absolute atomic E-state index is 0.0301. The van der Waals surface area contributed by atoms with Crippen LogP contribution in [0.5, 0.6) is 0 Å². The van der Waals surface area contributed by atoms with Crippen molar-refractivity contribution in [3.8, 4) is 0 Å². The summed E-state index contributed by atoms with van der Waals surface area (Å²) in [4.78, 5) is 17.1. The van der Waals surface area contributed by atoms with Crippen molar-refractivity contribution in [1.82, 2.24) is 9.80 Å². The van der Waals surface area contributed by atoms with Gasteiger partial charge < -0.3 is 4.90 Å². The molecule has 1 aromatic carbocycles. The van der Waals surface area contributed by atoms with Gasteiger partial charge in [0.1, 0.15) is 0 Å². The van der Waals surface area contributed by atoms with Crippen LogP contribution in [0.1, 0.15) is 36.5 Å². The molecule has 0 spiro atoms. The number of rotatable bonds is 5. The molecule has 1 unspecified atom stereocenters. The van der Waals surface area contributed by atoms with Crippen molar-refractivity contribution in [3.05, 3.63) is 29.8 Å². The largest absolute Gasteiger partial charge is 0.333 e. The van der Waals surface area contributed by atoms with Crippen LogP contribution in [0, 0.1) is 5.92 Å². The number of hydrogen-bond donors (Lipinski definition) is 2. The van der Waals surface area contributed by atoms with Gasteiger partial charge in [0.15, 0.2) is 0 Å². The van der Waals surface area contributed by atoms with Gasteiger partial charge in [-0.2, -0.15) is 0 Å². The number of benzene rings is 1. The first-order chi connectivity index (χ1) is 11.5. The summed E-state index contributed by atoms with van der Waals surface area (Å²) in [6.45, 7) is 5.91. The van der Waals surface area contributed by atoms with E-state index in [0.717, 1.165) is 25.6 Å². The maximum Gasteiger partial charge on any atom is 0.259 e. The van der Waals surface area contributed by atoms with Gasteiger partial charge in [0.25, 0.3) is 17.2 Å². The van der Waals surface area contributed by atoms with E-state index in [2.05, 4.69) is 16.5 Å². The third kappa shape index (κ3) is 4.15. The van der Waals surface area contributed by atoms with E-state index >= 15 is 0 Å². The Labute approximate surface area is 145 Å². The number of hydrogen-bond acceptors (Lipinski definition) is 3. The number of nitrogens with one attached hydrogen (secondary N) is 1. The standard InChI is InChI=1S/C17H25N3O3S/c1-13-11-19(12-14-3-2-4-14)9-10-20(13)17(21)15-5-7-16(8-6-15)18-24(22)23/h5-8,13-14,18H,2-4,9-12H2,1H3,(H,22,23)/t13-/m0/s1. The Bertz CT molecular complexity index is 604. The molecule has 1 heterocycles. The summed E-state index contributed by atoms with van der Waals surface area (Å²) in [7, 11) is 0. The van der Waals surface area contributed by atoms with Crippen molar-refractivity contribution in [3.63, 3.8) is 0 Å². The average Bonchev–Trinajstić information content (AvgIpc) is 2.51. The van der Waals surface area contributed by atoms with Gasteiger partial charge in [0.2, 0.25) is 0 Å². The topological polar surface area (TPSA) is 72.9 Å². The van der Waals surface area contributed by atoms with Crippen LogP contribution >= 0.6 is 0 Å². The van der Waals surface area contributed by atoms with Gasteiger partial charge in [0.05, 0.1) is 0 Å². The van der Waals surface area contributed by atoms with E-state index in [4.69, 9.17) is 4.55 Å². The molecule has 24 heavy (non-hydrogen) atoms. The zero-order valence-corrected chi connectivity index (χ0v) is 14.8. The van der Waals surface area contributed by atoms with Crippen LogP contribution in [0.15, 0.2) is 24.3 Å². The number of carbonyl (C=O) groups excluding carboxylic acids is 1. The molecule has 2 aliphatic rings. The second-order valence-corrected chi connectivity index (χ2v) is 7.54. The quantitative estimate of drug-likeness (QED) is 0.798. The van der Waals surface area contributed by atoms with Crippen LogP contribution in [-0.4, -0.2) is 56.7 Å². The number of nitrogens with zero attached hydrogens (tertiary/aromatic N) is 2. The fraction of sp³-hybridized carbons (Fsp3) is 0.588. The Balaban J connectivity index is 1.57. The molecule has 132 valence electrons. The van der Waals surface area contributed by atoms with Gasteiger partial charge in [-0.15, -0.1) is 0 Å². The van der Waals surface area contributed by atoms with E-state index in [1.54, 1.807) is 24.3 Å². The fourth-order valence-electron chi connectivity index (χ4n) is 3.49. The number of anilines is 1. The SMILES string of the molecule is C[C@H]1CN(CC2CCC2)CCN1C(=O)c1ccc(NS(=O)O)cc1. The zero-order valence-electron chi connectivity index (χ0n) is 14.0. The molecule has 1 amide bonds. The van der Waals surface area contributed by atoms with Crippen molar-refractivity contribution in [2.75, 3.05) is 30.9 Å². The molecule has 1 saturated carbocycles. The second-order valence-electron chi connectivity index (χ2n) is 6.83. The lowest BCUT2D eigenvalue weighted by Crippen LogP contribution is -2.55. The summed E-state index contributed by atoms with van der Waals surface area (Å²) in [5.74, 6) is 0.888. The molecular formula is C17H25N3O3S. The minimum Gasteiger partial charge on any atom is -0.333 e. The highest BCUT2D eigenvalue weighted by atomic mass is 32.2. The molecule has 0 bridgehead atoms. The van der Waals surface area contributed by atoms with Crippen molar-refractivity contribution in [1.29, 1.82) is 0 Å². The summed E-state index contributed by atoms with van der Waals surface area (Å²) in [5, 5.41) is 0. The highest BCUT2D eigenvalue weighted by Gasteiger charge is 2.30. The Morgan fingerprint density at radius 2 is 2.00 bits per heavy atom. The van der Waals surface area contributed by atoms with Gasteiger partial charge >= 0.3 is 0 Å². The molecule has 1 aliphatic heterocycles. The first-order valence-corrected chi connectivity index (χ1v) is 9.64. The second kappa shape index (κ2) is 7.63. The maximum atomic E-state index is 12.7. The highest BCUT2D eigenvalue weighted by Crippen LogP contribution is 2.28. The maximum absolute atomic E-state index is 12.7. The number of carbonyl (C=O) groups is 1. The van der Waals surface area contributed by atoms with E-state index in [1.807, 2.05) is 4.90 Å². The van der Waals surface area contributed by atoms with Crippen molar-refractivity contribution in [2.45, 2.75) is 32.2 Å². The van der Waals surface area contributed by atoms with Crippen LogP contribution in [0.2, 0.25) is 0 Å². The van der Waals surface area contributed by atoms with E-state index in [-0.39, 0.29) is 11.9 Å². The van der Waals surface area contributed by atoms with Crippen LogP contribution in [0.25, 0.3) is 0 Å². The van der Waals surface area contributed by atoms with Crippen molar-refractivity contribution >= 4 is 22.9 Å². The van der Waals surface area contributed by atoms with Crippen LogP contribution in [0.4, 0.5) is 5.69 Å². The summed E-state index contributed by atoms with van der Waals surface area (Å²) < 4.78 is 21.9. The summed E-state index contributed by atoms with van der Waals surface area (Å²) in [5.41, 5.74) is 1.13. The molecule has 1 saturated heterocycles.